The molecule has 1 amide bonds. The number of nitrogens with zero attached hydrogens (tertiary/aromatic N) is 3. The van der Waals surface area contributed by atoms with Crippen LogP contribution in [0.4, 0.5) is 5.69 Å². The third-order valence-electron chi connectivity index (χ3n) is 3.94. The van der Waals surface area contributed by atoms with Crippen molar-refractivity contribution in [1.82, 2.24) is 9.78 Å². The number of carbonyl (C=O) groups excluding carboxylic acids is 1. The van der Waals surface area contributed by atoms with E-state index in [-0.39, 0.29) is 11.5 Å². The van der Waals surface area contributed by atoms with E-state index in [1.165, 1.54) is 0 Å². The van der Waals surface area contributed by atoms with Crippen LogP contribution in [0.3, 0.4) is 0 Å². The smallest absolute Gasteiger partial charge is 0.335 e. The van der Waals surface area contributed by atoms with E-state index >= 15 is 0 Å². The van der Waals surface area contributed by atoms with E-state index < -0.39 is 5.97 Å². The molecule has 0 spiro atoms. The topological polar surface area (TPSA) is 75.4 Å². The maximum Gasteiger partial charge on any atom is 0.335 e. The Hall–Kier alpha value is -2.63. The zero-order valence-electron chi connectivity index (χ0n) is 11.8. The number of fused-ring (bicyclic) bond motifs is 1. The van der Waals surface area contributed by atoms with Crippen LogP contribution in [-0.2, 0) is 13.5 Å². The molecule has 0 unspecified atom stereocenters. The van der Waals surface area contributed by atoms with Gasteiger partial charge in [-0.25, -0.2) is 4.79 Å². The highest BCUT2D eigenvalue weighted by atomic mass is 16.4. The van der Waals surface area contributed by atoms with E-state index in [4.69, 9.17) is 5.11 Å². The van der Waals surface area contributed by atoms with Gasteiger partial charge < -0.3 is 10.0 Å². The second-order valence-electron chi connectivity index (χ2n) is 5.12. The van der Waals surface area contributed by atoms with Crippen molar-refractivity contribution in [2.75, 3.05) is 11.4 Å². The van der Waals surface area contributed by atoms with Crippen LogP contribution in [0.25, 0.3) is 0 Å². The first-order valence-electron chi connectivity index (χ1n) is 6.65. The van der Waals surface area contributed by atoms with Gasteiger partial charge in [0, 0.05) is 25.0 Å². The number of amides is 1. The lowest BCUT2D eigenvalue weighted by Gasteiger charge is -2.17. The van der Waals surface area contributed by atoms with Gasteiger partial charge in [-0.05, 0) is 31.0 Å². The van der Waals surface area contributed by atoms with Crippen molar-refractivity contribution in [2.24, 2.45) is 7.05 Å². The SMILES string of the molecule is Cc1c(C(=O)N2CCc3ccc(C(=O)O)cc32)cnn1C. The predicted octanol–water partition coefficient (Wildman–Crippen LogP) is 1.63. The number of carbonyl (C=O) groups is 2. The van der Waals surface area contributed by atoms with Gasteiger partial charge in [0.2, 0.25) is 0 Å². The molecule has 0 radical (unpaired) electrons. The molecule has 1 aromatic heterocycles. The first kappa shape index (κ1) is 13.4. The molecule has 6 nitrogen and oxygen atoms in total. The Morgan fingerprint density at radius 1 is 1.33 bits per heavy atom. The number of benzene rings is 1. The number of hydrogen-bond donors (Lipinski definition) is 1. The minimum Gasteiger partial charge on any atom is -0.478 e. The lowest BCUT2D eigenvalue weighted by Crippen LogP contribution is -2.29. The van der Waals surface area contributed by atoms with E-state index in [1.807, 2.05) is 6.92 Å². The molecule has 0 fully saturated rings. The summed E-state index contributed by atoms with van der Waals surface area (Å²) in [5, 5.41) is 13.2. The van der Waals surface area contributed by atoms with Crippen LogP contribution in [-0.4, -0.2) is 33.3 Å². The quantitative estimate of drug-likeness (QED) is 0.910. The zero-order chi connectivity index (χ0) is 15.1. The highest BCUT2D eigenvalue weighted by Crippen LogP contribution is 2.30. The van der Waals surface area contributed by atoms with Crippen LogP contribution < -0.4 is 4.90 Å². The van der Waals surface area contributed by atoms with Crippen molar-refractivity contribution in [3.63, 3.8) is 0 Å². The number of aryl methyl sites for hydroxylation is 1. The monoisotopic (exact) mass is 285 g/mol. The van der Waals surface area contributed by atoms with Gasteiger partial charge in [-0.15, -0.1) is 0 Å². The van der Waals surface area contributed by atoms with Crippen molar-refractivity contribution >= 4 is 17.6 Å². The number of hydrogen-bond acceptors (Lipinski definition) is 3. The molecular formula is C15H15N3O3. The van der Waals surface area contributed by atoms with Gasteiger partial charge in [0.15, 0.2) is 0 Å². The second kappa shape index (κ2) is 4.73. The molecular weight excluding hydrogens is 270 g/mol. The normalized spacial score (nSPS) is 13.3. The standard InChI is InChI=1S/C15H15N3O3/c1-9-12(8-16-17(9)2)14(19)18-6-5-10-3-4-11(15(20)21)7-13(10)18/h3-4,7-8H,5-6H2,1-2H3,(H,20,21). The maximum atomic E-state index is 12.7. The summed E-state index contributed by atoms with van der Waals surface area (Å²) in [6.07, 6.45) is 2.29. The predicted molar refractivity (Wildman–Crippen MR) is 76.7 cm³/mol. The van der Waals surface area contributed by atoms with Gasteiger partial charge in [0.25, 0.3) is 5.91 Å². The van der Waals surface area contributed by atoms with E-state index in [0.717, 1.165) is 17.7 Å². The minimum absolute atomic E-state index is 0.137. The Kier molecular flexibility index (Phi) is 3.01. The van der Waals surface area contributed by atoms with E-state index in [1.54, 1.807) is 41.0 Å². The molecule has 108 valence electrons. The van der Waals surface area contributed by atoms with E-state index in [9.17, 15) is 9.59 Å². The molecule has 2 aromatic rings. The molecule has 2 heterocycles. The molecule has 0 aliphatic carbocycles. The zero-order valence-corrected chi connectivity index (χ0v) is 11.8. The summed E-state index contributed by atoms with van der Waals surface area (Å²) in [5.41, 5.74) is 3.21. The number of anilines is 1. The number of rotatable bonds is 2. The van der Waals surface area contributed by atoms with Crippen molar-refractivity contribution < 1.29 is 14.7 Å². The molecule has 0 atom stereocenters. The van der Waals surface area contributed by atoms with Gasteiger partial charge >= 0.3 is 5.97 Å². The number of carboxylic acids is 1. The molecule has 1 aliphatic rings. The van der Waals surface area contributed by atoms with Crippen molar-refractivity contribution in [3.8, 4) is 0 Å². The number of carboxylic acid groups (broad SMARTS) is 1. The fourth-order valence-corrected chi connectivity index (χ4v) is 2.58. The summed E-state index contributed by atoms with van der Waals surface area (Å²) in [6, 6.07) is 4.92. The Morgan fingerprint density at radius 3 is 2.71 bits per heavy atom. The molecule has 3 rings (SSSR count). The second-order valence-corrected chi connectivity index (χ2v) is 5.12. The third kappa shape index (κ3) is 2.08. The number of aromatic nitrogens is 2. The summed E-state index contributed by atoms with van der Waals surface area (Å²) in [5.74, 6) is -1.13. The van der Waals surface area contributed by atoms with Crippen molar-refractivity contribution in [3.05, 3.63) is 46.8 Å². The molecule has 1 aliphatic heterocycles. The summed E-state index contributed by atoms with van der Waals surface area (Å²) in [7, 11) is 1.78. The average Bonchev–Trinajstić information content (AvgIpc) is 3.02. The Morgan fingerprint density at radius 2 is 2.10 bits per heavy atom. The highest BCUT2D eigenvalue weighted by molar-refractivity contribution is 6.08. The molecule has 0 saturated carbocycles. The summed E-state index contributed by atoms with van der Waals surface area (Å²) < 4.78 is 1.65. The van der Waals surface area contributed by atoms with Gasteiger partial charge in [0.1, 0.15) is 0 Å². The summed E-state index contributed by atoms with van der Waals surface area (Å²) in [4.78, 5) is 25.4. The van der Waals surface area contributed by atoms with Gasteiger partial charge in [-0.1, -0.05) is 6.07 Å². The molecule has 0 saturated heterocycles. The molecule has 6 heteroatoms. The van der Waals surface area contributed by atoms with Crippen molar-refractivity contribution in [2.45, 2.75) is 13.3 Å². The first-order chi connectivity index (χ1) is 9.99. The van der Waals surface area contributed by atoms with E-state index in [0.29, 0.717) is 17.8 Å². The van der Waals surface area contributed by atoms with Gasteiger partial charge in [-0.3, -0.25) is 9.48 Å². The van der Waals surface area contributed by atoms with Crippen LogP contribution in [0.5, 0.6) is 0 Å². The fraction of sp³-hybridized carbons (Fsp3) is 0.267. The van der Waals surface area contributed by atoms with Gasteiger partial charge in [0.05, 0.1) is 17.3 Å². The van der Waals surface area contributed by atoms with Crippen LogP contribution in [0.1, 0.15) is 32.0 Å². The average molecular weight is 285 g/mol. The fourth-order valence-electron chi connectivity index (χ4n) is 2.58. The number of aromatic carboxylic acids is 1. The highest BCUT2D eigenvalue weighted by Gasteiger charge is 2.28. The molecule has 0 bridgehead atoms. The molecule has 21 heavy (non-hydrogen) atoms. The van der Waals surface area contributed by atoms with Crippen LogP contribution in [0.15, 0.2) is 24.4 Å². The summed E-state index contributed by atoms with van der Waals surface area (Å²) >= 11 is 0. The Balaban J connectivity index is 2.00. The van der Waals surface area contributed by atoms with E-state index in [2.05, 4.69) is 5.10 Å². The third-order valence-corrected chi connectivity index (χ3v) is 3.94. The summed E-state index contributed by atoms with van der Waals surface area (Å²) in [6.45, 7) is 2.40. The van der Waals surface area contributed by atoms with Crippen LogP contribution in [0.2, 0.25) is 0 Å². The lowest BCUT2D eigenvalue weighted by molar-refractivity contribution is 0.0696. The van der Waals surface area contributed by atoms with Gasteiger partial charge in [-0.2, -0.15) is 5.10 Å². The first-order valence-corrected chi connectivity index (χ1v) is 6.65. The largest absolute Gasteiger partial charge is 0.478 e. The van der Waals surface area contributed by atoms with Crippen LogP contribution >= 0.6 is 0 Å². The lowest BCUT2D eigenvalue weighted by atomic mass is 10.1. The van der Waals surface area contributed by atoms with Crippen molar-refractivity contribution in [1.29, 1.82) is 0 Å². The maximum absolute atomic E-state index is 12.7. The Labute approximate surface area is 121 Å². The molecule has 1 aromatic carbocycles. The minimum atomic E-state index is -0.991. The molecule has 1 N–H and O–H groups in total. The van der Waals surface area contributed by atoms with Crippen LogP contribution in [0, 0.1) is 6.92 Å². The Bertz CT molecular complexity index is 749.